The summed E-state index contributed by atoms with van der Waals surface area (Å²) in [6.45, 7) is 2.20. The van der Waals surface area contributed by atoms with Crippen LogP contribution >= 0.6 is 12.6 Å². The average Bonchev–Trinajstić information content (AvgIpc) is 2.40. The molecule has 17 heavy (non-hydrogen) atoms. The van der Waals surface area contributed by atoms with Gasteiger partial charge in [0.1, 0.15) is 0 Å². The summed E-state index contributed by atoms with van der Waals surface area (Å²) in [5, 5.41) is 5.35. The van der Waals surface area contributed by atoms with Gasteiger partial charge in [0.05, 0.1) is 0 Å². The minimum absolute atomic E-state index is 0.779. The van der Waals surface area contributed by atoms with Crippen LogP contribution in [0.2, 0.25) is 0 Å². The van der Waals surface area contributed by atoms with E-state index < -0.39 is 0 Å². The fraction of sp³-hybridized carbons (Fsp3) is 0.125. The summed E-state index contributed by atoms with van der Waals surface area (Å²) in [6.07, 6.45) is 0. The van der Waals surface area contributed by atoms with Gasteiger partial charge in [-0.15, -0.1) is 0 Å². The second-order valence-electron chi connectivity index (χ2n) is 4.35. The van der Waals surface area contributed by atoms with Gasteiger partial charge < -0.3 is 0 Å². The minimum atomic E-state index is 0.779. The molecule has 0 nitrogen and oxygen atoms in total. The number of benzene rings is 3. The van der Waals surface area contributed by atoms with E-state index in [1.54, 1.807) is 0 Å². The summed E-state index contributed by atoms with van der Waals surface area (Å²) < 4.78 is 0. The number of fused-ring (bicyclic) bond motifs is 2. The highest BCUT2D eigenvalue weighted by molar-refractivity contribution is 7.79. The maximum atomic E-state index is 4.50. The fourth-order valence-corrected chi connectivity index (χ4v) is 2.95. The van der Waals surface area contributed by atoms with Crippen molar-refractivity contribution in [3.8, 4) is 0 Å². The first-order valence-corrected chi connectivity index (χ1v) is 6.46. The molecular weight excluding hydrogens is 224 g/mol. The molecule has 0 aliphatic carbocycles. The highest BCUT2D eigenvalue weighted by Crippen LogP contribution is 2.32. The summed E-state index contributed by atoms with van der Waals surface area (Å²) in [5.74, 6) is 0.779. The first-order chi connectivity index (χ1) is 8.33. The number of hydrogen-bond donors (Lipinski definition) is 1. The van der Waals surface area contributed by atoms with Crippen LogP contribution < -0.4 is 0 Å². The van der Waals surface area contributed by atoms with Crippen LogP contribution in [0, 0.1) is 6.92 Å². The molecule has 0 fully saturated rings. The molecule has 3 rings (SSSR count). The molecule has 0 unspecified atom stereocenters. The monoisotopic (exact) mass is 238 g/mol. The predicted octanol–water partition coefficient (Wildman–Crippen LogP) is 4.73. The molecule has 0 N–H and O–H groups in total. The Morgan fingerprint density at radius 1 is 0.765 bits per heavy atom. The van der Waals surface area contributed by atoms with Crippen LogP contribution in [0.25, 0.3) is 21.5 Å². The zero-order chi connectivity index (χ0) is 11.8. The van der Waals surface area contributed by atoms with Crippen molar-refractivity contribution in [2.24, 2.45) is 0 Å². The fourth-order valence-electron chi connectivity index (χ4n) is 2.61. The molecule has 0 aliphatic rings. The third-order valence-electron chi connectivity index (χ3n) is 3.47. The smallest absolute Gasteiger partial charge is 0.0166 e. The van der Waals surface area contributed by atoms with Crippen LogP contribution in [0.15, 0.2) is 48.5 Å². The van der Waals surface area contributed by atoms with Crippen molar-refractivity contribution in [1.82, 2.24) is 0 Å². The first kappa shape index (κ1) is 10.7. The van der Waals surface area contributed by atoms with E-state index in [0.717, 1.165) is 5.75 Å². The number of thiol groups is 1. The van der Waals surface area contributed by atoms with Gasteiger partial charge in [-0.2, -0.15) is 12.6 Å². The van der Waals surface area contributed by atoms with E-state index in [1.165, 1.54) is 32.7 Å². The van der Waals surface area contributed by atoms with Crippen molar-refractivity contribution in [2.75, 3.05) is 0 Å². The van der Waals surface area contributed by atoms with Crippen LogP contribution in [0.5, 0.6) is 0 Å². The van der Waals surface area contributed by atoms with E-state index in [2.05, 4.69) is 68.1 Å². The molecule has 0 atom stereocenters. The number of hydrogen-bond acceptors (Lipinski definition) is 1. The van der Waals surface area contributed by atoms with Crippen LogP contribution in [-0.2, 0) is 5.75 Å². The molecule has 0 heterocycles. The van der Waals surface area contributed by atoms with Gasteiger partial charge in [-0.25, -0.2) is 0 Å². The lowest BCUT2D eigenvalue weighted by Gasteiger charge is -2.12. The zero-order valence-electron chi connectivity index (χ0n) is 9.77. The summed E-state index contributed by atoms with van der Waals surface area (Å²) >= 11 is 4.50. The standard InChI is InChI=1S/C16H14S/c1-11-12-6-2-4-8-14(12)16(10-17)15-9-5-3-7-13(11)15/h2-9,17H,10H2,1H3. The quantitative estimate of drug-likeness (QED) is 0.460. The van der Waals surface area contributed by atoms with Gasteiger partial charge in [0.15, 0.2) is 0 Å². The van der Waals surface area contributed by atoms with Crippen molar-refractivity contribution in [3.05, 3.63) is 59.7 Å². The molecule has 0 aromatic heterocycles. The molecule has 0 saturated carbocycles. The zero-order valence-corrected chi connectivity index (χ0v) is 10.7. The lowest BCUT2D eigenvalue weighted by atomic mass is 9.93. The lowest BCUT2D eigenvalue weighted by molar-refractivity contribution is 1.49. The third-order valence-corrected chi connectivity index (χ3v) is 3.79. The van der Waals surface area contributed by atoms with Crippen LogP contribution in [0.1, 0.15) is 11.1 Å². The lowest BCUT2D eigenvalue weighted by Crippen LogP contribution is -1.89. The summed E-state index contributed by atoms with van der Waals surface area (Å²) in [7, 11) is 0. The SMILES string of the molecule is Cc1c2ccccc2c(CS)c2ccccc12. The van der Waals surface area contributed by atoms with E-state index in [9.17, 15) is 0 Å². The Morgan fingerprint density at radius 3 is 1.59 bits per heavy atom. The van der Waals surface area contributed by atoms with Gasteiger partial charge in [0, 0.05) is 5.75 Å². The van der Waals surface area contributed by atoms with Gasteiger partial charge in [-0.1, -0.05) is 48.5 Å². The normalized spacial score (nSPS) is 11.2. The van der Waals surface area contributed by atoms with Crippen molar-refractivity contribution in [1.29, 1.82) is 0 Å². The topological polar surface area (TPSA) is 0 Å². The van der Waals surface area contributed by atoms with Crippen molar-refractivity contribution in [3.63, 3.8) is 0 Å². The van der Waals surface area contributed by atoms with Crippen LogP contribution in [0.4, 0.5) is 0 Å². The average molecular weight is 238 g/mol. The van der Waals surface area contributed by atoms with Crippen molar-refractivity contribution in [2.45, 2.75) is 12.7 Å². The molecule has 0 saturated heterocycles. The predicted molar refractivity (Wildman–Crippen MR) is 78.9 cm³/mol. The molecule has 3 aromatic carbocycles. The third kappa shape index (κ3) is 1.54. The van der Waals surface area contributed by atoms with E-state index in [1.807, 2.05) is 0 Å². The number of aryl methyl sites for hydroxylation is 1. The summed E-state index contributed by atoms with van der Waals surface area (Å²) in [5.41, 5.74) is 2.70. The molecule has 1 heteroatoms. The van der Waals surface area contributed by atoms with E-state index in [-0.39, 0.29) is 0 Å². The maximum Gasteiger partial charge on any atom is 0.0166 e. The van der Waals surface area contributed by atoms with E-state index >= 15 is 0 Å². The molecule has 84 valence electrons. The van der Waals surface area contributed by atoms with E-state index in [4.69, 9.17) is 0 Å². The molecule has 0 radical (unpaired) electrons. The molecular formula is C16H14S. The Balaban J connectivity index is 2.63. The Hall–Kier alpha value is -1.47. The molecule has 0 amide bonds. The van der Waals surface area contributed by atoms with Gasteiger partial charge in [-0.05, 0) is 39.6 Å². The summed E-state index contributed by atoms with van der Waals surface area (Å²) in [6, 6.07) is 17.2. The number of rotatable bonds is 1. The van der Waals surface area contributed by atoms with Crippen LogP contribution in [-0.4, -0.2) is 0 Å². The molecule has 0 spiro atoms. The minimum Gasteiger partial charge on any atom is -0.175 e. The Kier molecular flexibility index (Phi) is 2.56. The van der Waals surface area contributed by atoms with Crippen LogP contribution in [0.3, 0.4) is 0 Å². The largest absolute Gasteiger partial charge is 0.175 e. The maximum absolute atomic E-state index is 4.50. The molecule has 3 aromatic rings. The summed E-state index contributed by atoms with van der Waals surface area (Å²) in [4.78, 5) is 0. The second-order valence-corrected chi connectivity index (χ2v) is 4.67. The Bertz CT molecular complexity index is 641. The van der Waals surface area contributed by atoms with Gasteiger partial charge in [0.2, 0.25) is 0 Å². The van der Waals surface area contributed by atoms with Crippen molar-refractivity contribution >= 4 is 34.2 Å². The first-order valence-electron chi connectivity index (χ1n) is 5.82. The van der Waals surface area contributed by atoms with Gasteiger partial charge in [0.25, 0.3) is 0 Å². The molecule has 0 bridgehead atoms. The van der Waals surface area contributed by atoms with Gasteiger partial charge >= 0.3 is 0 Å². The second kappa shape index (κ2) is 4.08. The Morgan fingerprint density at radius 2 is 1.18 bits per heavy atom. The van der Waals surface area contributed by atoms with Gasteiger partial charge in [-0.3, -0.25) is 0 Å². The van der Waals surface area contributed by atoms with E-state index in [0.29, 0.717) is 0 Å². The van der Waals surface area contributed by atoms with Crippen molar-refractivity contribution < 1.29 is 0 Å². The Labute approximate surface area is 107 Å². The highest BCUT2D eigenvalue weighted by atomic mass is 32.1. The highest BCUT2D eigenvalue weighted by Gasteiger charge is 2.08. The molecule has 0 aliphatic heterocycles.